The molecule has 2 rings (SSSR count). The quantitative estimate of drug-likeness (QED) is 0.778. The van der Waals surface area contributed by atoms with Crippen LogP contribution in [0.5, 0.6) is 0 Å². The Kier molecular flexibility index (Phi) is 5.10. The van der Waals surface area contributed by atoms with Gasteiger partial charge in [0.1, 0.15) is 0 Å². The van der Waals surface area contributed by atoms with Gasteiger partial charge in [-0.25, -0.2) is 0 Å². The highest BCUT2D eigenvalue weighted by atomic mass is 32.2. The summed E-state index contributed by atoms with van der Waals surface area (Å²) in [7, 11) is 4.00. The standard InChI is InChI=1S/C13H24N4OS/c1-10(2)17-12(16(3)4)14-15-13(17)19-9-11-7-5-6-8-18-11/h10-11H,5-9H2,1-4H3/t11-/m1/s1. The summed E-state index contributed by atoms with van der Waals surface area (Å²) in [5.74, 6) is 1.89. The lowest BCUT2D eigenvalue weighted by Crippen LogP contribution is -2.22. The maximum atomic E-state index is 5.77. The Hall–Kier alpha value is -0.750. The first-order valence-electron chi connectivity index (χ1n) is 6.96. The zero-order valence-corrected chi connectivity index (χ0v) is 13.1. The first kappa shape index (κ1) is 14.7. The van der Waals surface area contributed by atoms with Crippen LogP contribution in [0.2, 0.25) is 0 Å². The molecule has 0 spiro atoms. The van der Waals surface area contributed by atoms with Crippen molar-refractivity contribution in [3.8, 4) is 0 Å². The minimum absolute atomic E-state index is 0.363. The third-order valence-electron chi connectivity index (χ3n) is 3.24. The lowest BCUT2D eigenvalue weighted by atomic mass is 10.1. The summed E-state index contributed by atoms with van der Waals surface area (Å²) in [5, 5.41) is 9.59. The van der Waals surface area contributed by atoms with Crippen LogP contribution in [-0.4, -0.2) is 47.3 Å². The SMILES string of the molecule is CC(C)n1c(SC[C@H]2CCCCO2)nnc1N(C)C. The number of ether oxygens (including phenoxy) is 1. The predicted molar refractivity (Wildman–Crippen MR) is 79.0 cm³/mol. The van der Waals surface area contributed by atoms with E-state index in [0.717, 1.165) is 23.5 Å². The van der Waals surface area contributed by atoms with Gasteiger partial charge in [0.15, 0.2) is 5.16 Å². The first-order chi connectivity index (χ1) is 9.09. The summed E-state index contributed by atoms with van der Waals surface area (Å²) in [4.78, 5) is 2.01. The Morgan fingerprint density at radius 3 is 2.74 bits per heavy atom. The summed E-state index contributed by atoms with van der Waals surface area (Å²) in [6, 6.07) is 0.363. The monoisotopic (exact) mass is 284 g/mol. The van der Waals surface area contributed by atoms with Gasteiger partial charge in [0.2, 0.25) is 5.95 Å². The molecule has 1 fully saturated rings. The minimum Gasteiger partial charge on any atom is -0.377 e. The molecule has 6 heteroatoms. The van der Waals surface area contributed by atoms with Crippen LogP contribution in [0.25, 0.3) is 0 Å². The Balaban J connectivity index is 2.03. The van der Waals surface area contributed by atoms with Crippen molar-refractivity contribution in [2.75, 3.05) is 31.4 Å². The van der Waals surface area contributed by atoms with Crippen LogP contribution in [-0.2, 0) is 4.74 Å². The van der Waals surface area contributed by atoms with E-state index in [1.54, 1.807) is 11.8 Å². The van der Waals surface area contributed by atoms with Crippen LogP contribution < -0.4 is 4.90 Å². The van der Waals surface area contributed by atoms with Gasteiger partial charge in [-0.15, -0.1) is 10.2 Å². The zero-order chi connectivity index (χ0) is 13.8. The van der Waals surface area contributed by atoms with E-state index in [1.165, 1.54) is 19.3 Å². The van der Waals surface area contributed by atoms with Gasteiger partial charge in [0, 0.05) is 32.5 Å². The molecule has 1 aliphatic heterocycles. The highest BCUT2D eigenvalue weighted by Crippen LogP contribution is 2.27. The Labute approximate surface area is 119 Å². The van der Waals surface area contributed by atoms with Crippen molar-refractivity contribution in [1.82, 2.24) is 14.8 Å². The molecule has 0 aliphatic carbocycles. The molecule has 1 aromatic rings. The molecule has 1 aliphatic rings. The molecule has 1 atom stereocenters. The number of thioether (sulfide) groups is 1. The van der Waals surface area contributed by atoms with Crippen LogP contribution in [0, 0.1) is 0 Å². The number of hydrogen-bond donors (Lipinski definition) is 0. The molecule has 0 radical (unpaired) electrons. The van der Waals surface area contributed by atoms with E-state index in [4.69, 9.17) is 4.74 Å². The summed E-state index contributed by atoms with van der Waals surface area (Å²) >= 11 is 1.76. The molecular weight excluding hydrogens is 260 g/mol. The molecule has 1 aromatic heterocycles. The largest absolute Gasteiger partial charge is 0.377 e. The molecule has 0 unspecified atom stereocenters. The fourth-order valence-electron chi connectivity index (χ4n) is 2.23. The second-order valence-corrected chi connectivity index (χ2v) is 6.43. The fraction of sp³-hybridized carbons (Fsp3) is 0.846. The van der Waals surface area contributed by atoms with E-state index in [2.05, 4.69) is 28.6 Å². The van der Waals surface area contributed by atoms with Crippen molar-refractivity contribution in [3.63, 3.8) is 0 Å². The van der Waals surface area contributed by atoms with Crippen LogP contribution in [0.1, 0.15) is 39.2 Å². The van der Waals surface area contributed by atoms with Gasteiger partial charge in [-0.1, -0.05) is 11.8 Å². The predicted octanol–water partition coefficient (Wildman–Crippen LogP) is 2.59. The molecule has 0 saturated carbocycles. The third-order valence-corrected chi connectivity index (χ3v) is 4.31. The van der Waals surface area contributed by atoms with E-state index in [0.29, 0.717) is 12.1 Å². The van der Waals surface area contributed by atoms with Gasteiger partial charge in [0.25, 0.3) is 0 Å². The van der Waals surface area contributed by atoms with E-state index < -0.39 is 0 Å². The van der Waals surface area contributed by atoms with Crippen LogP contribution in [0.3, 0.4) is 0 Å². The average molecular weight is 284 g/mol. The molecule has 0 N–H and O–H groups in total. The Bertz CT molecular complexity index is 399. The molecule has 1 saturated heterocycles. The van der Waals surface area contributed by atoms with Gasteiger partial charge < -0.3 is 9.64 Å². The van der Waals surface area contributed by atoms with Gasteiger partial charge >= 0.3 is 0 Å². The normalized spacial score (nSPS) is 19.9. The molecule has 0 aromatic carbocycles. The van der Waals surface area contributed by atoms with E-state index in [-0.39, 0.29) is 0 Å². The molecule has 108 valence electrons. The highest BCUT2D eigenvalue weighted by Gasteiger charge is 2.19. The first-order valence-corrected chi connectivity index (χ1v) is 7.94. The minimum atomic E-state index is 0.363. The summed E-state index contributed by atoms with van der Waals surface area (Å²) in [6.07, 6.45) is 4.03. The maximum Gasteiger partial charge on any atom is 0.227 e. The smallest absolute Gasteiger partial charge is 0.227 e. The highest BCUT2D eigenvalue weighted by molar-refractivity contribution is 7.99. The van der Waals surface area contributed by atoms with Crippen molar-refractivity contribution >= 4 is 17.7 Å². The second-order valence-electron chi connectivity index (χ2n) is 5.44. The molecule has 0 amide bonds. The van der Waals surface area contributed by atoms with Gasteiger partial charge in [-0.05, 0) is 33.1 Å². The van der Waals surface area contributed by atoms with Crippen molar-refractivity contribution < 1.29 is 4.74 Å². The number of hydrogen-bond acceptors (Lipinski definition) is 5. The van der Waals surface area contributed by atoms with Crippen LogP contribution in [0.4, 0.5) is 5.95 Å². The molecule has 5 nitrogen and oxygen atoms in total. The number of nitrogens with zero attached hydrogens (tertiary/aromatic N) is 4. The maximum absolute atomic E-state index is 5.77. The van der Waals surface area contributed by atoms with Crippen molar-refractivity contribution in [1.29, 1.82) is 0 Å². The lowest BCUT2D eigenvalue weighted by Gasteiger charge is -2.22. The zero-order valence-electron chi connectivity index (χ0n) is 12.3. The van der Waals surface area contributed by atoms with Crippen LogP contribution in [0.15, 0.2) is 5.16 Å². The summed E-state index contributed by atoms with van der Waals surface area (Å²) in [5.41, 5.74) is 0. The van der Waals surface area contributed by atoms with Crippen molar-refractivity contribution in [2.45, 2.75) is 50.4 Å². The number of aromatic nitrogens is 3. The summed E-state index contributed by atoms with van der Waals surface area (Å²) < 4.78 is 7.95. The molecule has 2 heterocycles. The van der Waals surface area contributed by atoms with E-state index in [9.17, 15) is 0 Å². The molecular formula is C13H24N4OS. The van der Waals surface area contributed by atoms with Crippen molar-refractivity contribution in [3.05, 3.63) is 0 Å². The van der Waals surface area contributed by atoms with E-state index >= 15 is 0 Å². The molecule has 0 bridgehead atoms. The second kappa shape index (κ2) is 6.61. The van der Waals surface area contributed by atoms with Crippen LogP contribution >= 0.6 is 11.8 Å². The number of rotatable bonds is 5. The van der Waals surface area contributed by atoms with Crippen molar-refractivity contribution in [2.24, 2.45) is 0 Å². The third kappa shape index (κ3) is 3.63. The molecule has 19 heavy (non-hydrogen) atoms. The van der Waals surface area contributed by atoms with Gasteiger partial charge in [-0.3, -0.25) is 4.57 Å². The Morgan fingerprint density at radius 1 is 1.37 bits per heavy atom. The van der Waals surface area contributed by atoms with Gasteiger partial charge in [0.05, 0.1) is 6.10 Å². The Morgan fingerprint density at radius 2 is 2.16 bits per heavy atom. The average Bonchev–Trinajstić information content (AvgIpc) is 2.81. The summed E-state index contributed by atoms with van der Waals surface area (Å²) in [6.45, 7) is 5.24. The lowest BCUT2D eigenvalue weighted by molar-refractivity contribution is 0.0315. The topological polar surface area (TPSA) is 43.2 Å². The van der Waals surface area contributed by atoms with Gasteiger partial charge in [-0.2, -0.15) is 0 Å². The van der Waals surface area contributed by atoms with E-state index in [1.807, 2.05) is 19.0 Å². The number of anilines is 1. The fourth-order valence-corrected chi connectivity index (χ4v) is 3.36.